The molecule has 0 amide bonds. The standard InChI is InChI=1S/C41H76O14/c1-3-5-7-9-11-13-14-15-16-18-20-22-24-33(43)53-30(27-50-25-23-21-19-17-12-10-8-6-4-2)28-51-40-39(49)37(47)35(45)32(55-40)29-52-41-38(48)36(46)34(44)31(26-42)54-41/h11,13,30-32,34-42,44-49H,3-10,12,14-29H2,1-2H3/b13-11-. The zero-order chi connectivity index (χ0) is 40.3. The van der Waals surface area contributed by atoms with E-state index in [2.05, 4.69) is 26.0 Å². The van der Waals surface area contributed by atoms with Crippen molar-refractivity contribution in [2.45, 2.75) is 210 Å². The molecule has 0 radical (unpaired) electrons. The molecule has 0 aliphatic carbocycles. The molecular formula is C41H76O14. The van der Waals surface area contributed by atoms with Crippen LogP contribution in [-0.4, -0.2) is 142 Å². The third-order valence-corrected chi connectivity index (χ3v) is 10.3. The maximum atomic E-state index is 12.9. The molecule has 55 heavy (non-hydrogen) atoms. The molecule has 0 aromatic rings. The molecule has 2 fully saturated rings. The molecule has 7 N–H and O–H groups in total. The number of unbranched alkanes of at least 4 members (excludes halogenated alkanes) is 16. The smallest absolute Gasteiger partial charge is 0.306 e. The summed E-state index contributed by atoms with van der Waals surface area (Å²) in [6.07, 6.45) is 10.1. The molecule has 324 valence electrons. The van der Waals surface area contributed by atoms with Gasteiger partial charge >= 0.3 is 5.97 Å². The molecule has 11 unspecified atom stereocenters. The second kappa shape index (κ2) is 30.8. The minimum atomic E-state index is -1.70. The summed E-state index contributed by atoms with van der Waals surface area (Å²) in [4.78, 5) is 12.9. The van der Waals surface area contributed by atoms with Gasteiger partial charge in [-0.25, -0.2) is 0 Å². The van der Waals surface area contributed by atoms with Crippen molar-refractivity contribution in [1.82, 2.24) is 0 Å². The highest BCUT2D eigenvalue weighted by Crippen LogP contribution is 2.26. The van der Waals surface area contributed by atoms with Crippen LogP contribution < -0.4 is 0 Å². The Hall–Kier alpha value is -1.27. The van der Waals surface area contributed by atoms with E-state index in [1.165, 1.54) is 57.8 Å². The van der Waals surface area contributed by atoms with Crippen LogP contribution in [-0.2, 0) is 33.2 Å². The summed E-state index contributed by atoms with van der Waals surface area (Å²) >= 11 is 0. The van der Waals surface area contributed by atoms with Gasteiger partial charge < -0.3 is 64.2 Å². The van der Waals surface area contributed by atoms with E-state index in [0.717, 1.165) is 57.8 Å². The van der Waals surface area contributed by atoms with Crippen molar-refractivity contribution in [2.24, 2.45) is 0 Å². The minimum Gasteiger partial charge on any atom is -0.457 e. The van der Waals surface area contributed by atoms with Crippen LogP contribution in [0.3, 0.4) is 0 Å². The summed E-state index contributed by atoms with van der Waals surface area (Å²) < 4.78 is 34.0. The van der Waals surface area contributed by atoms with Gasteiger partial charge in [0.25, 0.3) is 0 Å². The molecule has 2 saturated heterocycles. The molecule has 11 atom stereocenters. The summed E-state index contributed by atoms with van der Waals surface area (Å²) in [6, 6.07) is 0. The first-order valence-corrected chi connectivity index (χ1v) is 21.3. The van der Waals surface area contributed by atoms with Crippen LogP contribution >= 0.6 is 0 Å². The fourth-order valence-corrected chi connectivity index (χ4v) is 6.69. The maximum Gasteiger partial charge on any atom is 0.306 e. The molecular weight excluding hydrogens is 716 g/mol. The lowest BCUT2D eigenvalue weighted by Gasteiger charge is -2.42. The summed E-state index contributed by atoms with van der Waals surface area (Å²) in [6.45, 7) is 3.61. The fraction of sp³-hybridized carbons (Fsp3) is 0.927. The topological polar surface area (TPSA) is 214 Å². The van der Waals surface area contributed by atoms with Gasteiger partial charge in [-0.15, -0.1) is 0 Å². The molecule has 0 spiro atoms. The number of carbonyl (C=O) groups excluding carboxylic acids is 1. The highest BCUT2D eigenvalue weighted by Gasteiger charge is 2.47. The van der Waals surface area contributed by atoms with Crippen LogP contribution in [0.15, 0.2) is 12.2 Å². The van der Waals surface area contributed by atoms with Gasteiger partial charge in [0.15, 0.2) is 12.6 Å². The molecule has 2 aliphatic rings. The van der Waals surface area contributed by atoms with Crippen molar-refractivity contribution in [3.63, 3.8) is 0 Å². The van der Waals surface area contributed by atoms with Crippen molar-refractivity contribution in [3.05, 3.63) is 12.2 Å². The van der Waals surface area contributed by atoms with E-state index in [1.54, 1.807) is 0 Å². The first-order valence-electron chi connectivity index (χ1n) is 21.3. The minimum absolute atomic E-state index is 0.0619. The van der Waals surface area contributed by atoms with Gasteiger partial charge in [-0.2, -0.15) is 0 Å². The number of aliphatic hydroxyl groups is 7. The van der Waals surface area contributed by atoms with Crippen LogP contribution in [0, 0.1) is 0 Å². The van der Waals surface area contributed by atoms with E-state index < -0.39 is 80.7 Å². The fourth-order valence-electron chi connectivity index (χ4n) is 6.69. The molecule has 2 rings (SSSR count). The van der Waals surface area contributed by atoms with E-state index in [0.29, 0.717) is 13.0 Å². The summed E-state index contributed by atoms with van der Waals surface area (Å²) in [5, 5.41) is 71.7. The van der Waals surface area contributed by atoms with Gasteiger partial charge in [-0.1, -0.05) is 109 Å². The Balaban J connectivity index is 1.85. The quantitative estimate of drug-likeness (QED) is 0.0292. The van der Waals surface area contributed by atoms with Gasteiger partial charge in [-0.05, 0) is 38.5 Å². The van der Waals surface area contributed by atoms with E-state index in [-0.39, 0.29) is 25.6 Å². The third-order valence-electron chi connectivity index (χ3n) is 10.3. The lowest BCUT2D eigenvalue weighted by molar-refractivity contribution is -0.332. The van der Waals surface area contributed by atoms with Gasteiger partial charge in [0.05, 0.1) is 26.4 Å². The molecule has 2 heterocycles. The van der Waals surface area contributed by atoms with E-state index in [1.807, 2.05) is 0 Å². The lowest BCUT2D eigenvalue weighted by atomic mass is 9.98. The number of ether oxygens (including phenoxy) is 6. The Labute approximate surface area is 329 Å². The molecule has 2 aliphatic heterocycles. The van der Waals surface area contributed by atoms with E-state index in [9.17, 15) is 40.5 Å². The zero-order valence-electron chi connectivity index (χ0n) is 33.7. The highest BCUT2D eigenvalue weighted by molar-refractivity contribution is 5.69. The number of rotatable bonds is 32. The van der Waals surface area contributed by atoms with Crippen LogP contribution in [0.2, 0.25) is 0 Å². The zero-order valence-corrected chi connectivity index (χ0v) is 33.7. The van der Waals surface area contributed by atoms with Crippen molar-refractivity contribution >= 4 is 5.97 Å². The molecule has 14 nitrogen and oxygen atoms in total. The van der Waals surface area contributed by atoms with Gasteiger partial charge in [0.2, 0.25) is 0 Å². The first-order chi connectivity index (χ1) is 26.6. The number of carbonyl (C=O) groups is 1. The largest absolute Gasteiger partial charge is 0.457 e. The van der Waals surface area contributed by atoms with Crippen LogP contribution in [0.25, 0.3) is 0 Å². The van der Waals surface area contributed by atoms with Crippen molar-refractivity contribution in [2.75, 3.05) is 33.0 Å². The maximum absolute atomic E-state index is 12.9. The number of esters is 1. The van der Waals surface area contributed by atoms with Gasteiger partial charge in [-0.3, -0.25) is 4.79 Å². The number of allylic oxidation sites excluding steroid dienone is 2. The summed E-state index contributed by atoms with van der Waals surface area (Å²) in [5.74, 6) is -0.387. The number of hydrogen-bond acceptors (Lipinski definition) is 14. The normalized spacial score (nSPS) is 29.2. The predicted molar refractivity (Wildman–Crippen MR) is 206 cm³/mol. The molecule has 0 bridgehead atoms. The third kappa shape index (κ3) is 20.3. The predicted octanol–water partition coefficient (Wildman–Crippen LogP) is 3.95. The SMILES string of the molecule is CCCCC/C=C\CCCCCCCC(=O)OC(COCCCCCCCCCCC)COC1OC(COC2OC(CO)C(O)C(O)C2O)C(O)C(O)C1O. The summed E-state index contributed by atoms with van der Waals surface area (Å²) in [7, 11) is 0. The Bertz CT molecular complexity index is 969. The van der Waals surface area contributed by atoms with Crippen molar-refractivity contribution in [1.29, 1.82) is 0 Å². The highest BCUT2D eigenvalue weighted by atomic mass is 16.7. The van der Waals surface area contributed by atoms with Crippen LogP contribution in [0.1, 0.15) is 142 Å². The monoisotopic (exact) mass is 793 g/mol. The van der Waals surface area contributed by atoms with Gasteiger partial charge in [0.1, 0.15) is 54.9 Å². The number of aliphatic hydroxyl groups excluding tert-OH is 7. The second-order valence-electron chi connectivity index (χ2n) is 15.2. The molecule has 0 saturated carbocycles. The first kappa shape index (κ1) is 49.9. The molecule has 14 heteroatoms. The second-order valence-corrected chi connectivity index (χ2v) is 15.2. The average molecular weight is 793 g/mol. The molecule has 0 aromatic heterocycles. The van der Waals surface area contributed by atoms with E-state index in [4.69, 9.17) is 28.4 Å². The Kier molecular flexibility index (Phi) is 27.9. The lowest BCUT2D eigenvalue weighted by Crippen LogP contribution is -2.61. The van der Waals surface area contributed by atoms with Gasteiger partial charge in [0, 0.05) is 13.0 Å². The van der Waals surface area contributed by atoms with E-state index >= 15 is 0 Å². The average Bonchev–Trinajstić information content (AvgIpc) is 3.18. The summed E-state index contributed by atoms with van der Waals surface area (Å²) in [5.41, 5.74) is 0. The van der Waals surface area contributed by atoms with Crippen molar-refractivity contribution < 1.29 is 69.0 Å². The molecule has 0 aromatic carbocycles. The Morgan fingerprint density at radius 1 is 0.582 bits per heavy atom. The van der Waals surface area contributed by atoms with Crippen molar-refractivity contribution in [3.8, 4) is 0 Å². The Morgan fingerprint density at radius 2 is 1.07 bits per heavy atom. The number of hydrogen-bond donors (Lipinski definition) is 7. The van der Waals surface area contributed by atoms with Crippen LogP contribution in [0.5, 0.6) is 0 Å². The Morgan fingerprint density at radius 3 is 1.69 bits per heavy atom. The van der Waals surface area contributed by atoms with Crippen LogP contribution in [0.4, 0.5) is 0 Å².